The van der Waals surface area contributed by atoms with E-state index in [1.807, 2.05) is 55.5 Å². The van der Waals surface area contributed by atoms with E-state index in [1.165, 1.54) is 0 Å². The van der Waals surface area contributed by atoms with Crippen molar-refractivity contribution in [3.05, 3.63) is 65.5 Å². The van der Waals surface area contributed by atoms with Gasteiger partial charge in [0.05, 0.1) is 6.54 Å². The van der Waals surface area contributed by atoms with Crippen LogP contribution in [0.5, 0.6) is 0 Å². The lowest BCUT2D eigenvalue weighted by Gasteiger charge is -2.13. The summed E-state index contributed by atoms with van der Waals surface area (Å²) >= 11 is 0. The van der Waals surface area contributed by atoms with Crippen molar-refractivity contribution in [1.29, 1.82) is 0 Å². The van der Waals surface area contributed by atoms with Gasteiger partial charge in [0.25, 0.3) is 0 Å². The molecule has 0 radical (unpaired) electrons. The Kier molecular flexibility index (Phi) is 5.09. The highest BCUT2D eigenvalue weighted by molar-refractivity contribution is 5.91. The molecule has 0 spiro atoms. The summed E-state index contributed by atoms with van der Waals surface area (Å²) in [5.41, 5.74) is 3.95. The number of benzene rings is 2. The lowest BCUT2D eigenvalue weighted by molar-refractivity contribution is 0.251. The van der Waals surface area contributed by atoms with Crippen molar-refractivity contribution in [2.45, 2.75) is 26.8 Å². The number of aromatic nitrogens is 3. The van der Waals surface area contributed by atoms with Gasteiger partial charge in [-0.15, -0.1) is 0 Å². The molecule has 0 aliphatic carbocycles. The molecular weight excluding hydrogens is 314 g/mol. The van der Waals surface area contributed by atoms with Crippen LogP contribution in [0.4, 0.5) is 10.5 Å². The first kappa shape index (κ1) is 16.7. The summed E-state index contributed by atoms with van der Waals surface area (Å²) in [4.78, 5) is 16.6. The summed E-state index contributed by atoms with van der Waals surface area (Å²) in [6, 6.07) is 15.4. The smallest absolute Gasteiger partial charge is 0.319 e. The second kappa shape index (κ2) is 7.61. The molecule has 3 rings (SSSR count). The number of amides is 2. The second-order valence-electron chi connectivity index (χ2n) is 5.74. The normalized spacial score (nSPS) is 10.5. The van der Waals surface area contributed by atoms with Gasteiger partial charge in [0.2, 0.25) is 0 Å². The lowest BCUT2D eigenvalue weighted by Crippen LogP contribution is -2.29. The Labute approximate surface area is 146 Å². The third kappa shape index (κ3) is 4.03. The van der Waals surface area contributed by atoms with E-state index in [4.69, 9.17) is 0 Å². The van der Waals surface area contributed by atoms with Crippen molar-refractivity contribution in [3.63, 3.8) is 0 Å². The van der Waals surface area contributed by atoms with Crippen molar-refractivity contribution in [2.24, 2.45) is 0 Å². The van der Waals surface area contributed by atoms with Gasteiger partial charge in [0.1, 0.15) is 5.82 Å². The van der Waals surface area contributed by atoms with Crippen molar-refractivity contribution >= 4 is 11.7 Å². The highest BCUT2D eigenvalue weighted by Crippen LogP contribution is 2.20. The average Bonchev–Trinajstić information content (AvgIpc) is 3.11. The molecule has 0 saturated heterocycles. The van der Waals surface area contributed by atoms with E-state index in [2.05, 4.69) is 32.7 Å². The van der Waals surface area contributed by atoms with Crippen molar-refractivity contribution in [1.82, 2.24) is 20.5 Å². The third-order valence-electron chi connectivity index (χ3n) is 3.96. The zero-order valence-corrected chi connectivity index (χ0v) is 14.3. The van der Waals surface area contributed by atoms with Gasteiger partial charge in [-0.1, -0.05) is 55.5 Å². The molecule has 3 aromatic rings. The van der Waals surface area contributed by atoms with E-state index in [1.54, 1.807) is 0 Å². The summed E-state index contributed by atoms with van der Waals surface area (Å²) in [6.45, 7) is 4.33. The molecule has 6 nitrogen and oxygen atoms in total. The van der Waals surface area contributed by atoms with E-state index < -0.39 is 0 Å². The number of rotatable bonds is 5. The first-order valence-electron chi connectivity index (χ1n) is 8.27. The minimum absolute atomic E-state index is 0.262. The summed E-state index contributed by atoms with van der Waals surface area (Å²) < 4.78 is 0. The summed E-state index contributed by atoms with van der Waals surface area (Å²) in [5, 5.41) is 12.8. The van der Waals surface area contributed by atoms with Gasteiger partial charge in [0.15, 0.2) is 5.82 Å². The van der Waals surface area contributed by atoms with Crippen LogP contribution in [0.3, 0.4) is 0 Å². The van der Waals surface area contributed by atoms with Crippen LogP contribution in [-0.4, -0.2) is 21.2 Å². The molecular formula is C19H21N5O. The van der Waals surface area contributed by atoms with Crippen LogP contribution in [0.2, 0.25) is 0 Å². The number of anilines is 1. The highest BCUT2D eigenvalue weighted by atomic mass is 16.2. The molecule has 0 atom stereocenters. The molecule has 0 saturated carbocycles. The number of aryl methyl sites for hydroxylation is 2. The Morgan fingerprint density at radius 1 is 1.12 bits per heavy atom. The van der Waals surface area contributed by atoms with Crippen LogP contribution in [0.1, 0.15) is 23.9 Å². The van der Waals surface area contributed by atoms with Crippen LogP contribution in [0, 0.1) is 6.92 Å². The van der Waals surface area contributed by atoms with Gasteiger partial charge < -0.3 is 10.6 Å². The molecule has 0 unspecified atom stereocenters. The zero-order valence-electron chi connectivity index (χ0n) is 14.3. The Morgan fingerprint density at radius 2 is 1.92 bits per heavy atom. The van der Waals surface area contributed by atoms with Gasteiger partial charge in [-0.2, -0.15) is 5.10 Å². The first-order chi connectivity index (χ1) is 12.2. The third-order valence-corrected chi connectivity index (χ3v) is 3.96. The molecule has 0 aliphatic rings. The van der Waals surface area contributed by atoms with E-state index >= 15 is 0 Å². The molecule has 6 heteroatoms. The molecule has 2 aromatic carbocycles. The van der Waals surface area contributed by atoms with Gasteiger partial charge in [-0.25, -0.2) is 9.78 Å². The van der Waals surface area contributed by atoms with Crippen LogP contribution in [0.15, 0.2) is 48.5 Å². The maximum atomic E-state index is 12.2. The molecule has 0 bridgehead atoms. The number of nitrogens with zero attached hydrogens (tertiary/aromatic N) is 2. The van der Waals surface area contributed by atoms with Crippen LogP contribution in [0.25, 0.3) is 11.4 Å². The van der Waals surface area contributed by atoms with Gasteiger partial charge >= 0.3 is 6.03 Å². The second-order valence-corrected chi connectivity index (χ2v) is 5.74. The fraction of sp³-hybridized carbons (Fsp3) is 0.211. The Morgan fingerprint density at radius 3 is 2.68 bits per heavy atom. The van der Waals surface area contributed by atoms with E-state index in [-0.39, 0.29) is 12.6 Å². The molecule has 128 valence electrons. The molecule has 0 fully saturated rings. The zero-order chi connectivity index (χ0) is 17.6. The quantitative estimate of drug-likeness (QED) is 0.665. The predicted molar refractivity (Wildman–Crippen MR) is 98.2 cm³/mol. The summed E-state index contributed by atoms with van der Waals surface area (Å²) in [5.74, 6) is 1.22. The summed E-state index contributed by atoms with van der Waals surface area (Å²) in [6.07, 6.45) is 0.861. The molecule has 0 aliphatic heterocycles. The molecule has 2 amide bonds. The Balaban J connectivity index is 1.61. The minimum atomic E-state index is -0.262. The maximum absolute atomic E-state index is 12.2. The first-order valence-corrected chi connectivity index (χ1v) is 8.27. The molecule has 3 N–H and O–H groups in total. The Hall–Kier alpha value is -3.15. The number of carbonyl (C=O) groups is 1. The standard InChI is InChI=1S/C19H21N5O/c1-3-14-11-7-8-13(2)17(14)22-19(25)20-12-16-21-18(24-23-16)15-9-5-4-6-10-15/h4-11H,3,12H2,1-2H3,(H2,20,22,25)(H,21,23,24). The monoisotopic (exact) mass is 335 g/mol. The number of para-hydroxylation sites is 1. The molecule has 1 aromatic heterocycles. The van der Waals surface area contributed by atoms with E-state index in [0.717, 1.165) is 28.8 Å². The van der Waals surface area contributed by atoms with Crippen LogP contribution < -0.4 is 10.6 Å². The van der Waals surface area contributed by atoms with Crippen molar-refractivity contribution in [3.8, 4) is 11.4 Å². The Bertz CT molecular complexity index is 857. The largest absolute Gasteiger partial charge is 0.331 e. The number of nitrogens with one attached hydrogen (secondary N) is 3. The number of aromatic amines is 1. The number of urea groups is 1. The van der Waals surface area contributed by atoms with Crippen LogP contribution in [-0.2, 0) is 13.0 Å². The molecule has 25 heavy (non-hydrogen) atoms. The average molecular weight is 335 g/mol. The van der Waals surface area contributed by atoms with Crippen LogP contribution >= 0.6 is 0 Å². The van der Waals surface area contributed by atoms with E-state index in [0.29, 0.717) is 11.6 Å². The minimum Gasteiger partial charge on any atom is -0.331 e. The molecule has 1 heterocycles. The van der Waals surface area contributed by atoms with Crippen molar-refractivity contribution < 1.29 is 4.79 Å². The number of H-pyrrole nitrogens is 1. The predicted octanol–water partition coefficient (Wildman–Crippen LogP) is 3.66. The van der Waals surface area contributed by atoms with E-state index in [9.17, 15) is 4.79 Å². The number of hydrogen-bond donors (Lipinski definition) is 3. The SMILES string of the molecule is CCc1cccc(C)c1NC(=O)NCc1nc(-c2ccccc2)n[nH]1. The maximum Gasteiger partial charge on any atom is 0.319 e. The number of carbonyl (C=O) groups excluding carboxylic acids is 1. The van der Waals surface area contributed by atoms with Gasteiger partial charge in [-0.3, -0.25) is 5.10 Å². The number of hydrogen-bond acceptors (Lipinski definition) is 3. The topological polar surface area (TPSA) is 82.7 Å². The van der Waals surface area contributed by atoms with Gasteiger partial charge in [0, 0.05) is 11.3 Å². The van der Waals surface area contributed by atoms with Gasteiger partial charge in [-0.05, 0) is 24.5 Å². The fourth-order valence-electron chi connectivity index (χ4n) is 2.61. The summed E-state index contributed by atoms with van der Waals surface area (Å²) in [7, 11) is 0. The highest BCUT2D eigenvalue weighted by Gasteiger charge is 2.10. The lowest BCUT2D eigenvalue weighted by atomic mass is 10.1. The van der Waals surface area contributed by atoms with Crippen molar-refractivity contribution in [2.75, 3.05) is 5.32 Å². The fourth-order valence-corrected chi connectivity index (χ4v) is 2.61.